The summed E-state index contributed by atoms with van der Waals surface area (Å²) in [6.45, 7) is 1.37. The van der Waals surface area contributed by atoms with E-state index < -0.39 is 28.3 Å². The summed E-state index contributed by atoms with van der Waals surface area (Å²) < 4.78 is 39.5. The molecule has 0 saturated carbocycles. The Hall–Kier alpha value is -2.45. The van der Waals surface area contributed by atoms with E-state index in [0.29, 0.717) is 5.69 Å². The van der Waals surface area contributed by atoms with Crippen LogP contribution in [0.5, 0.6) is 0 Å². The normalized spacial score (nSPS) is 11.1. The fourth-order valence-corrected chi connectivity index (χ4v) is 3.36. The van der Waals surface area contributed by atoms with Crippen molar-refractivity contribution in [1.29, 1.82) is 0 Å². The quantitative estimate of drug-likeness (QED) is 0.489. The lowest BCUT2D eigenvalue weighted by Crippen LogP contribution is -2.43. The van der Waals surface area contributed by atoms with Crippen LogP contribution in [0, 0.1) is 12.7 Å². The van der Waals surface area contributed by atoms with E-state index in [4.69, 9.17) is 5.84 Å². The summed E-state index contributed by atoms with van der Waals surface area (Å²) in [5.74, 6) is 3.83. The van der Waals surface area contributed by atoms with Gasteiger partial charge in [-0.25, -0.2) is 18.7 Å². The third kappa shape index (κ3) is 3.85. The number of nitrogens with one attached hydrogen (secondary N) is 1. The molecular formula is C15H16FN3O3S. The molecule has 0 aliphatic heterocycles. The van der Waals surface area contributed by atoms with Crippen LogP contribution in [-0.2, 0) is 14.8 Å². The molecule has 0 unspecified atom stereocenters. The maximum Gasteiger partial charge on any atom is 0.264 e. The van der Waals surface area contributed by atoms with Gasteiger partial charge in [0.25, 0.3) is 15.9 Å². The molecule has 6 nitrogen and oxygen atoms in total. The van der Waals surface area contributed by atoms with Gasteiger partial charge in [-0.2, -0.15) is 0 Å². The van der Waals surface area contributed by atoms with Crippen LogP contribution < -0.4 is 15.6 Å². The van der Waals surface area contributed by atoms with Gasteiger partial charge in [-0.15, -0.1) is 0 Å². The number of aryl methyl sites for hydroxylation is 1. The predicted octanol–water partition coefficient (Wildman–Crippen LogP) is 1.32. The number of anilines is 1. The van der Waals surface area contributed by atoms with E-state index >= 15 is 0 Å². The molecule has 2 aromatic rings. The van der Waals surface area contributed by atoms with Crippen LogP contribution in [0.15, 0.2) is 53.4 Å². The SMILES string of the molecule is Cc1ccc(N(CC(=O)NN)S(=O)(=O)c2ccc(F)cc2)cc1. The van der Waals surface area contributed by atoms with Crippen molar-refractivity contribution in [2.24, 2.45) is 5.84 Å². The zero-order valence-corrected chi connectivity index (χ0v) is 13.2. The second-order valence-corrected chi connectivity index (χ2v) is 6.73. The van der Waals surface area contributed by atoms with Crippen LogP contribution in [0.4, 0.5) is 10.1 Å². The standard InChI is InChI=1S/C15H16FN3O3S/c1-11-2-6-13(7-3-11)19(10-15(20)18-17)23(21,22)14-8-4-12(16)5-9-14/h2-9H,10,17H2,1H3,(H,18,20). The van der Waals surface area contributed by atoms with Gasteiger partial charge in [0, 0.05) is 0 Å². The number of sulfonamides is 1. The first-order chi connectivity index (χ1) is 10.8. The topological polar surface area (TPSA) is 92.5 Å². The molecule has 0 saturated heterocycles. The Bertz CT molecular complexity index is 790. The summed E-state index contributed by atoms with van der Waals surface area (Å²) in [5, 5.41) is 0. The maximum atomic E-state index is 13.0. The largest absolute Gasteiger partial charge is 0.293 e. The maximum absolute atomic E-state index is 13.0. The molecule has 23 heavy (non-hydrogen) atoms. The molecule has 0 spiro atoms. The summed E-state index contributed by atoms with van der Waals surface area (Å²) in [6.07, 6.45) is 0. The molecule has 2 aromatic carbocycles. The number of nitrogens with two attached hydrogens (primary N) is 1. The first-order valence-corrected chi connectivity index (χ1v) is 8.13. The van der Waals surface area contributed by atoms with Crippen LogP contribution in [0.25, 0.3) is 0 Å². The molecule has 2 rings (SSSR count). The molecule has 0 aliphatic rings. The Balaban J connectivity index is 2.49. The fourth-order valence-electron chi connectivity index (χ4n) is 1.94. The number of hydrogen-bond donors (Lipinski definition) is 2. The Labute approximate surface area is 133 Å². The van der Waals surface area contributed by atoms with E-state index in [2.05, 4.69) is 0 Å². The van der Waals surface area contributed by atoms with Crippen molar-refractivity contribution < 1.29 is 17.6 Å². The van der Waals surface area contributed by atoms with E-state index in [-0.39, 0.29) is 4.90 Å². The van der Waals surface area contributed by atoms with Gasteiger partial charge in [-0.3, -0.25) is 14.5 Å². The van der Waals surface area contributed by atoms with Gasteiger partial charge in [0.2, 0.25) is 0 Å². The van der Waals surface area contributed by atoms with E-state index in [1.807, 2.05) is 12.3 Å². The minimum Gasteiger partial charge on any atom is -0.293 e. The van der Waals surface area contributed by atoms with Crippen molar-refractivity contribution in [3.05, 3.63) is 59.9 Å². The van der Waals surface area contributed by atoms with Crippen molar-refractivity contribution in [3.8, 4) is 0 Å². The van der Waals surface area contributed by atoms with Crippen molar-refractivity contribution in [2.75, 3.05) is 10.8 Å². The number of carbonyl (C=O) groups is 1. The molecule has 0 atom stereocenters. The highest BCUT2D eigenvalue weighted by molar-refractivity contribution is 7.92. The van der Waals surface area contributed by atoms with Crippen molar-refractivity contribution >= 4 is 21.6 Å². The first-order valence-electron chi connectivity index (χ1n) is 6.69. The third-order valence-electron chi connectivity index (χ3n) is 3.17. The number of amides is 1. The minimum absolute atomic E-state index is 0.121. The summed E-state index contributed by atoms with van der Waals surface area (Å²) >= 11 is 0. The van der Waals surface area contributed by atoms with Gasteiger partial charge in [-0.05, 0) is 43.3 Å². The van der Waals surface area contributed by atoms with Gasteiger partial charge in [0.1, 0.15) is 12.4 Å². The van der Waals surface area contributed by atoms with Gasteiger partial charge in [0.15, 0.2) is 0 Å². The summed E-state index contributed by atoms with van der Waals surface area (Å²) in [6, 6.07) is 11.0. The molecule has 0 fully saturated rings. The lowest BCUT2D eigenvalue weighted by molar-refractivity contribution is -0.119. The Morgan fingerprint density at radius 3 is 2.22 bits per heavy atom. The van der Waals surface area contributed by atoms with Crippen molar-refractivity contribution in [2.45, 2.75) is 11.8 Å². The Kier molecular flexibility index (Phi) is 4.97. The lowest BCUT2D eigenvalue weighted by atomic mass is 10.2. The van der Waals surface area contributed by atoms with Gasteiger partial charge < -0.3 is 0 Å². The molecule has 122 valence electrons. The van der Waals surface area contributed by atoms with Crippen LogP contribution in [0.3, 0.4) is 0 Å². The van der Waals surface area contributed by atoms with E-state index in [1.165, 1.54) is 0 Å². The summed E-state index contributed by atoms with van der Waals surface area (Å²) in [7, 11) is -4.04. The molecule has 3 N–H and O–H groups in total. The zero-order chi connectivity index (χ0) is 17.0. The number of halogens is 1. The minimum atomic E-state index is -4.04. The molecule has 0 heterocycles. The van der Waals surface area contributed by atoms with Crippen molar-refractivity contribution in [1.82, 2.24) is 5.43 Å². The summed E-state index contributed by atoms with van der Waals surface area (Å²) in [5.41, 5.74) is 3.15. The smallest absolute Gasteiger partial charge is 0.264 e. The first kappa shape index (κ1) is 16.9. The molecule has 0 aromatic heterocycles. The highest BCUT2D eigenvalue weighted by Crippen LogP contribution is 2.24. The van der Waals surface area contributed by atoms with Crippen LogP contribution in [0.2, 0.25) is 0 Å². The van der Waals surface area contributed by atoms with E-state index in [1.54, 1.807) is 24.3 Å². The zero-order valence-electron chi connectivity index (χ0n) is 12.4. The highest BCUT2D eigenvalue weighted by Gasteiger charge is 2.27. The van der Waals surface area contributed by atoms with E-state index in [0.717, 1.165) is 34.1 Å². The molecule has 0 radical (unpaired) electrons. The van der Waals surface area contributed by atoms with Crippen LogP contribution >= 0.6 is 0 Å². The number of carbonyl (C=O) groups excluding carboxylic acids is 1. The predicted molar refractivity (Wildman–Crippen MR) is 84.4 cm³/mol. The molecule has 8 heteroatoms. The van der Waals surface area contributed by atoms with Crippen LogP contribution in [-0.4, -0.2) is 20.9 Å². The summed E-state index contributed by atoms with van der Waals surface area (Å²) in [4.78, 5) is 11.5. The number of rotatable bonds is 5. The number of hydrazine groups is 1. The van der Waals surface area contributed by atoms with Gasteiger partial charge >= 0.3 is 0 Å². The second-order valence-electron chi connectivity index (χ2n) is 4.87. The highest BCUT2D eigenvalue weighted by atomic mass is 32.2. The van der Waals surface area contributed by atoms with Gasteiger partial charge in [0.05, 0.1) is 10.6 Å². The molecule has 0 bridgehead atoms. The lowest BCUT2D eigenvalue weighted by Gasteiger charge is -2.23. The van der Waals surface area contributed by atoms with Gasteiger partial charge in [-0.1, -0.05) is 17.7 Å². The Morgan fingerprint density at radius 2 is 1.70 bits per heavy atom. The molecular weight excluding hydrogens is 321 g/mol. The number of nitrogens with zero attached hydrogens (tertiary/aromatic N) is 1. The van der Waals surface area contributed by atoms with Crippen molar-refractivity contribution in [3.63, 3.8) is 0 Å². The Morgan fingerprint density at radius 1 is 1.13 bits per heavy atom. The van der Waals surface area contributed by atoms with E-state index in [9.17, 15) is 17.6 Å². The van der Waals surface area contributed by atoms with Crippen LogP contribution in [0.1, 0.15) is 5.56 Å². The fraction of sp³-hybridized carbons (Fsp3) is 0.133. The number of hydrogen-bond acceptors (Lipinski definition) is 4. The second kappa shape index (κ2) is 6.76. The monoisotopic (exact) mass is 337 g/mol. The third-order valence-corrected chi connectivity index (χ3v) is 4.96. The molecule has 0 aliphatic carbocycles. The molecule has 1 amide bonds. The number of benzene rings is 2. The average molecular weight is 337 g/mol. The average Bonchev–Trinajstić information content (AvgIpc) is 2.53.